The summed E-state index contributed by atoms with van der Waals surface area (Å²) in [5.41, 5.74) is 1.99. The van der Waals surface area contributed by atoms with Gasteiger partial charge >= 0.3 is 0 Å². The number of rotatable bonds is 4. The molecule has 0 aliphatic heterocycles. The number of furan rings is 1. The first-order valence-corrected chi connectivity index (χ1v) is 7.10. The smallest absolute Gasteiger partial charge is 0.224 e. The molecule has 3 heteroatoms. The van der Waals surface area contributed by atoms with Crippen LogP contribution in [0.4, 0.5) is 0 Å². The highest BCUT2D eigenvalue weighted by molar-refractivity contribution is 5.79. The van der Waals surface area contributed by atoms with Crippen LogP contribution in [0.3, 0.4) is 0 Å². The summed E-state index contributed by atoms with van der Waals surface area (Å²) in [7, 11) is 0. The van der Waals surface area contributed by atoms with E-state index in [1.54, 1.807) is 6.26 Å². The Kier molecular flexibility index (Phi) is 7.18. The Morgan fingerprint density at radius 2 is 1.90 bits per heavy atom. The highest BCUT2D eigenvalue weighted by Gasteiger charge is 2.05. The van der Waals surface area contributed by atoms with Crippen molar-refractivity contribution in [2.75, 3.05) is 6.54 Å². The summed E-state index contributed by atoms with van der Waals surface area (Å²) < 4.78 is 5.33. The number of hydrogen-bond acceptors (Lipinski definition) is 2. The second-order valence-electron chi connectivity index (χ2n) is 4.52. The fourth-order valence-corrected chi connectivity index (χ4v) is 1.72. The fourth-order valence-electron chi connectivity index (χ4n) is 1.72. The molecule has 1 heterocycles. The lowest BCUT2D eigenvalue weighted by Gasteiger charge is -2.04. The summed E-state index contributed by atoms with van der Waals surface area (Å²) >= 11 is 0. The zero-order chi connectivity index (χ0) is 14.8. The molecule has 1 aromatic carbocycles. The Morgan fingerprint density at radius 3 is 2.50 bits per heavy atom. The van der Waals surface area contributed by atoms with E-state index in [4.69, 9.17) is 4.42 Å². The number of carbonyl (C=O) groups excluding carboxylic acids is 1. The van der Waals surface area contributed by atoms with Crippen LogP contribution in [0, 0.1) is 0 Å². The Balaban J connectivity index is 0.000000612. The van der Waals surface area contributed by atoms with Crippen LogP contribution in [-0.2, 0) is 11.2 Å². The third kappa shape index (κ3) is 5.31. The minimum Gasteiger partial charge on any atom is -0.464 e. The molecule has 1 aromatic heterocycles. The lowest BCUT2D eigenvalue weighted by atomic mass is 10.1. The first-order chi connectivity index (χ1) is 9.71. The molecule has 1 N–H and O–H groups in total. The maximum atomic E-state index is 11.5. The van der Waals surface area contributed by atoms with Crippen LogP contribution >= 0.6 is 0 Å². The second kappa shape index (κ2) is 8.97. The monoisotopic (exact) mass is 273 g/mol. The number of likely N-dealkylation sites (N-methyl/N-ethyl adjacent to an activating group) is 1. The Hall–Kier alpha value is -2.03. The molecule has 0 atom stereocenters. The van der Waals surface area contributed by atoms with Crippen molar-refractivity contribution in [1.29, 1.82) is 0 Å². The molecule has 0 aliphatic rings. The summed E-state index contributed by atoms with van der Waals surface area (Å²) in [6, 6.07) is 11.6. The van der Waals surface area contributed by atoms with E-state index < -0.39 is 0 Å². The Bertz CT molecular complexity index is 503. The van der Waals surface area contributed by atoms with E-state index in [1.807, 2.05) is 43.3 Å². The largest absolute Gasteiger partial charge is 0.464 e. The highest BCUT2D eigenvalue weighted by atomic mass is 16.3. The SMILES string of the molecule is CCC.CCNC(=O)Cc1cccc(-c2ccco2)c1. The van der Waals surface area contributed by atoms with E-state index in [9.17, 15) is 4.79 Å². The maximum Gasteiger partial charge on any atom is 0.224 e. The van der Waals surface area contributed by atoms with Gasteiger partial charge in [0.1, 0.15) is 5.76 Å². The molecule has 0 radical (unpaired) electrons. The standard InChI is InChI=1S/C14H15NO2.C3H8/c1-2-15-14(16)10-11-5-3-6-12(9-11)13-7-4-8-17-13;1-3-2/h3-9H,2,10H2,1H3,(H,15,16);3H2,1-2H3. The molecular weight excluding hydrogens is 250 g/mol. The molecule has 0 aliphatic carbocycles. The molecule has 0 saturated carbocycles. The molecule has 20 heavy (non-hydrogen) atoms. The van der Waals surface area contributed by atoms with Crippen molar-refractivity contribution in [2.24, 2.45) is 0 Å². The summed E-state index contributed by atoms with van der Waals surface area (Å²) in [5, 5.41) is 2.79. The van der Waals surface area contributed by atoms with E-state index in [1.165, 1.54) is 6.42 Å². The van der Waals surface area contributed by atoms with Crippen LogP contribution in [0.1, 0.15) is 32.8 Å². The number of hydrogen-bond donors (Lipinski definition) is 1. The van der Waals surface area contributed by atoms with Crippen molar-refractivity contribution < 1.29 is 9.21 Å². The quantitative estimate of drug-likeness (QED) is 0.913. The van der Waals surface area contributed by atoms with Gasteiger partial charge in [-0.05, 0) is 30.7 Å². The summed E-state index contributed by atoms with van der Waals surface area (Å²) in [6.07, 6.45) is 3.30. The first kappa shape index (κ1) is 16.0. The first-order valence-electron chi connectivity index (χ1n) is 7.10. The number of amides is 1. The lowest BCUT2D eigenvalue weighted by molar-refractivity contribution is -0.120. The summed E-state index contributed by atoms with van der Waals surface area (Å²) in [6.45, 7) is 6.83. The lowest BCUT2D eigenvalue weighted by Crippen LogP contribution is -2.24. The minimum absolute atomic E-state index is 0.0455. The van der Waals surface area contributed by atoms with Gasteiger partial charge < -0.3 is 9.73 Å². The summed E-state index contributed by atoms with van der Waals surface area (Å²) in [5.74, 6) is 0.867. The van der Waals surface area contributed by atoms with Crippen LogP contribution < -0.4 is 5.32 Å². The highest BCUT2D eigenvalue weighted by Crippen LogP contribution is 2.20. The molecule has 2 rings (SSSR count). The van der Waals surface area contributed by atoms with Gasteiger partial charge in [-0.3, -0.25) is 4.79 Å². The molecule has 108 valence electrons. The second-order valence-corrected chi connectivity index (χ2v) is 4.52. The van der Waals surface area contributed by atoms with E-state index in [-0.39, 0.29) is 5.91 Å². The van der Waals surface area contributed by atoms with Gasteiger partial charge in [0.15, 0.2) is 0 Å². The number of nitrogens with one attached hydrogen (secondary N) is 1. The van der Waals surface area contributed by atoms with Gasteiger partial charge in [-0.25, -0.2) is 0 Å². The predicted octanol–water partition coefficient (Wildman–Crippen LogP) is 4.04. The van der Waals surface area contributed by atoms with Crippen LogP contribution in [0.15, 0.2) is 47.1 Å². The number of benzene rings is 1. The molecule has 1 amide bonds. The van der Waals surface area contributed by atoms with E-state index in [0.717, 1.165) is 16.9 Å². The number of carbonyl (C=O) groups is 1. The van der Waals surface area contributed by atoms with Crippen molar-refractivity contribution in [1.82, 2.24) is 5.32 Å². The van der Waals surface area contributed by atoms with Crippen molar-refractivity contribution in [2.45, 2.75) is 33.6 Å². The molecule has 0 unspecified atom stereocenters. The molecule has 0 bridgehead atoms. The molecular formula is C17H23NO2. The van der Waals surface area contributed by atoms with Gasteiger partial charge in [0.25, 0.3) is 0 Å². The van der Waals surface area contributed by atoms with E-state index in [0.29, 0.717) is 13.0 Å². The van der Waals surface area contributed by atoms with E-state index >= 15 is 0 Å². The average Bonchev–Trinajstić information content (AvgIpc) is 2.94. The van der Waals surface area contributed by atoms with Gasteiger partial charge in [-0.2, -0.15) is 0 Å². The topological polar surface area (TPSA) is 42.2 Å². The van der Waals surface area contributed by atoms with Crippen LogP contribution in [0.25, 0.3) is 11.3 Å². The van der Waals surface area contributed by atoms with Crippen molar-refractivity contribution in [3.05, 3.63) is 48.2 Å². The van der Waals surface area contributed by atoms with Gasteiger partial charge in [-0.15, -0.1) is 0 Å². The van der Waals surface area contributed by atoms with Crippen molar-refractivity contribution in [3.63, 3.8) is 0 Å². The van der Waals surface area contributed by atoms with Crippen molar-refractivity contribution in [3.8, 4) is 11.3 Å². The molecule has 2 aromatic rings. The molecule has 0 spiro atoms. The summed E-state index contributed by atoms with van der Waals surface area (Å²) in [4.78, 5) is 11.5. The van der Waals surface area contributed by atoms with Crippen molar-refractivity contribution >= 4 is 5.91 Å². The zero-order valence-electron chi connectivity index (χ0n) is 12.5. The minimum atomic E-state index is 0.0455. The normalized spacial score (nSPS) is 9.55. The van der Waals surface area contributed by atoms with Gasteiger partial charge in [0, 0.05) is 12.1 Å². The Morgan fingerprint density at radius 1 is 1.15 bits per heavy atom. The van der Waals surface area contributed by atoms with Crippen LogP contribution in [0.2, 0.25) is 0 Å². The van der Waals surface area contributed by atoms with Gasteiger partial charge in [0.05, 0.1) is 12.7 Å². The fraction of sp³-hybridized carbons (Fsp3) is 0.353. The third-order valence-electron chi connectivity index (χ3n) is 2.47. The Labute approximate surface area is 121 Å². The average molecular weight is 273 g/mol. The van der Waals surface area contributed by atoms with Crippen LogP contribution in [0.5, 0.6) is 0 Å². The van der Waals surface area contributed by atoms with E-state index in [2.05, 4.69) is 19.2 Å². The molecule has 0 fully saturated rings. The van der Waals surface area contributed by atoms with Gasteiger partial charge in [-0.1, -0.05) is 38.5 Å². The third-order valence-corrected chi connectivity index (χ3v) is 2.47. The maximum absolute atomic E-state index is 11.5. The molecule has 0 saturated heterocycles. The predicted molar refractivity (Wildman–Crippen MR) is 82.5 cm³/mol. The van der Waals surface area contributed by atoms with Gasteiger partial charge in [0.2, 0.25) is 5.91 Å². The molecule has 3 nitrogen and oxygen atoms in total. The zero-order valence-corrected chi connectivity index (χ0v) is 12.5. The van der Waals surface area contributed by atoms with Crippen LogP contribution in [-0.4, -0.2) is 12.5 Å².